The number of benzene rings is 2. The molecule has 0 radical (unpaired) electrons. The first-order valence-corrected chi connectivity index (χ1v) is 15.4. The molecule has 14 heteroatoms. The van der Waals surface area contributed by atoms with Gasteiger partial charge in [-0.3, -0.25) is 4.79 Å². The van der Waals surface area contributed by atoms with E-state index >= 15 is 8.78 Å². The molecule has 1 saturated heterocycles. The zero-order chi connectivity index (χ0) is 33.6. The van der Waals surface area contributed by atoms with E-state index in [0.717, 1.165) is 22.1 Å². The van der Waals surface area contributed by atoms with Gasteiger partial charge in [-0.05, 0) is 71.2 Å². The van der Waals surface area contributed by atoms with Crippen LogP contribution in [-0.2, 0) is 10.3 Å². The second-order valence-electron chi connectivity index (χ2n) is 12.8. The lowest BCUT2D eigenvalue weighted by atomic mass is 10.00. The van der Waals surface area contributed by atoms with Gasteiger partial charge in [-0.2, -0.15) is 0 Å². The molecule has 1 atom stereocenters. The second-order valence-corrected chi connectivity index (χ2v) is 13.8. The number of nitrogens with one attached hydrogen (secondary N) is 1. The molecule has 0 bridgehead atoms. The van der Waals surface area contributed by atoms with E-state index in [0.29, 0.717) is 19.4 Å². The molecule has 1 aliphatic rings. The van der Waals surface area contributed by atoms with E-state index in [1.807, 2.05) is 0 Å². The zero-order valence-corrected chi connectivity index (χ0v) is 26.8. The molecule has 1 fully saturated rings. The van der Waals surface area contributed by atoms with Gasteiger partial charge >= 0.3 is 6.09 Å². The number of amides is 2. The SMILES string of the molecule is [C-]#[N+]c1ccc(-c2cc(C(=O)N3CCC[C@@H](NC(=O)OC(C)(C)C)C3)sc2-c2cc3nnn(C(C)(C)CO)c3c(F)c2F)cc1F. The minimum Gasteiger partial charge on any atom is -0.444 e. The van der Waals surface area contributed by atoms with E-state index < -0.39 is 47.2 Å². The topological polar surface area (TPSA) is 114 Å². The molecule has 0 unspecified atom stereocenters. The lowest BCUT2D eigenvalue weighted by Gasteiger charge is -2.33. The van der Waals surface area contributed by atoms with Crippen molar-refractivity contribution in [3.05, 3.63) is 64.1 Å². The molecule has 3 heterocycles. The maximum absolute atomic E-state index is 16.0. The molecule has 2 amide bonds. The highest BCUT2D eigenvalue weighted by molar-refractivity contribution is 7.18. The van der Waals surface area contributed by atoms with Crippen molar-refractivity contribution in [3.63, 3.8) is 0 Å². The number of nitrogens with zero attached hydrogens (tertiary/aromatic N) is 5. The van der Waals surface area contributed by atoms with Crippen LogP contribution in [0.4, 0.5) is 23.7 Å². The van der Waals surface area contributed by atoms with Gasteiger partial charge in [-0.25, -0.2) is 27.5 Å². The van der Waals surface area contributed by atoms with Crippen LogP contribution in [-0.4, -0.2) is 68.3 Å². The van der Waals surface area contributed by atoms with E-state index in [2.05, 4.69) is 20.5 Å². The van der Waals surface area contributed by atoms with Gasteiger partial charge in [0.05, 0.1) is 23.6 Å². The smallest absolute Gasteiger partial charge is 0.407 e. The fraction of sp³-hybridized carbons (Fsp3) is 0.406. The Hall–Kier alpha value is -4.48. The van der Waals surface area contributed by atoms with Crippen molar-refractivity contribution in [1.82, 2.24) is 25.2 Å². The van der Waals surface area contributed by atoms with Gasteiger partial charge in [-0.1, -0.05) is 17.3 Å². The van der Waals surface area contributed by atoms with Crippen LogP contribution < -0.4 is 5.32 Å². The molecule has 5 rings (SSSR count). The van der Waals surface area contributed by atoms with Crippen LogP contribution in [0.3, 0.4) is 0 Å². The number of carbonyl (C=O) groups excluding carboxylic acids is 2. The summed E-state index contributed by atoms with van der Waals surface area (Å²) in [6.45, 7) is 15.8. The Kier molecular flexibility index (Phi) is 8.85. The fourth-order valence-corrected chi connectivity index (χ4v) is 6.42. The average Bonchev–Trinajstić information content (AvgIpc) is 3.63. The Bertz CT molecular complexity index is 1870. The van der Waals surface area contributed by atoms with Gasteiger partial charge in [0.25, 0.3) is 5.91 Å². The quantitative estimate of drug-likeness (QED) is 0.225. The lowest BCUT2D eigenvalue weighted by molar-refractivity contribution is 0.0453. The molecular weight excluding hydrogens is 621 g/mol. The van der Waals surface area contributed by atoms with Crippen LogP contribution in [0.25, 0.3) is 37.4 Å². The second kappa shape index (κ2) is 12.4. The summed E-state index contributed by atoms with van der Waals surface area (Å²) in [5, 5.41) is 20.6. The number of ether oxygens (including phenoxy) is 1. The molecule has 2 N–H and O–H groups in total. The summed E-state index contributed by atoms with van der Waals surface area (Å²) in [7, 11) is 0. The van der Waals surface area contributed by atoms with Gasteiger partial charge in [0.1, 0.15) is 22.5 Å². The van der Waals surface area contributed by atoms with Crippen molar-refractivity contribution < 1.29 is 32.6 Å². The summed E-state index contributed by atoms with van der Waals surface area (Å²) >= 11 is 0.908. The number of likely N-dealkylation sites (tertiary alicyclic amines) is 1. The molecule has 10 nitrogen and oxygen atoms in total. The number of hydrogen-bond donors (Lipinski definition) is 2. The summed E-state index contributed by atoms with van der Waals surface area (Å²) in [6.07, 6.45) is 0.649. The number of aliphatic hydroxyl groups is 1. The first kappa shape index (κ1) is 32.9. The largest absolute Gasteiger partial charge is 0.444 e. The predicted molar refractivity (Wildman–Crippen MR) is 167 cm³/mol. The van der Waals surface area contributed by atoms with E-state index in [-0.39, 0.29) is 55.8 Å². The number of hydrogen-bond acceptors (Lipinski definition) is 7. The van der Waals surface area contributed by atoms with Crippen LogP contribution in [0.5, 0.6) is 0 Å². The Morgan fingerprint density at radius 1 is 1.13 bits per heavy atom. The molecule has 2 aromatic carbocycles. The van der Waals surface area contributed by atoms with Crippen LogP contribution in [0.1, 0.15) is 57.1 Å². The highest BCUT2D eigenvalue weighted by atomic mass is 32.1. The van der Waals surface area contributed by atoms with Gasteiger partial charge in [0.15, 0.2) is 11.6 Å². The van der Waals surface area contributed by atoms with E-state index in [4.69, 9.17) is 11.3 Å². The lowest BCUT2D eigenvalue weighted by Crippen LogP contribution is -2.50. The molecule has 46 heavy (non-hydrogen) atoms. The molecule has 0 aliphatic carbocycles. The number of carbonyl (C=O) groups is 2. The number of alkyl carbamates (subject to hydrolysis) is 1. The molecule has 242 valence electrons. The van der Waals surface area contributed by atoms with Crippen molar-refractivity contribution in [2.75, 3.05) is 19.7 Å². The van der Waals surface area contributed by atoms with Gasteiger partial charge in [0.2, 0.25) is 5.69 Å². The molecular formula is C32H33F3N6O4S. The molecule has 0 spiro atoms. The summed E-state index contributed by atoms with van der Waals surface area (Å²) in [5.74, 6) is -3.68. The number of fused-ring (bicyclic) bond motifs is 1. The first-order valence-electron chi connectivity index (χ1n) is 14.6. The first-order chi connectivity index (χ1) is 21.6. The van der Waals surface area contributed by atoms with Gasteiger partial charge in [-0.15, -0.1) is 16.4 Å². The standard InChI is InChI=1S/C32H33F3N6O4S/c1-31(2,3)45-30(44)37-18-8-7-11-40(15-18)29(43)24-14-19(17-9-10-22(36-6)21(33)12-17)28(46-24)20-13-23-27(26(35)25(20)34)41(39-38-23)32(4,5)16-42/h9-10,12-14,18,42H,7-8,11,15-16H2,1-5H3,(H,37,44)/t18-/m1/s1. The number of thiophene rings is 1. The van der Waals surface area contributed by atoms with Crippen LogP contribution >= 0.6 is 11.3 Å². The molecule has 2 aromatic heterocycles. The van der Waals surface area contributed by atoms with Gasteiger partial charge in [0, 0.05) is 35.1 Å². The highest BCUT2D eigenvalue weighted by Gasteiger charge is 2.32. The van der Waals surface area contributed by atoms with Crippen LogP contribution in [0, 0.1) is 24.0 Å². The minimum absolute atomic E-state index is 0.0178. The normalized spacial score (nSPS) is 15.6. The number of aliphatic hydroxyl groups excluding tert-OH is 1. The summed E-state index contributed by atoms with van der Waals surface area (Å²) in [6, 6.07) is 6.31. The molecule has 0 saturated carbocycles. The third-order valence-electron chi connectivity index (χ3n) is 7.57. The van der Waals surface area contributed by atoms with Crippen LogP contribution in [0.15, 0.2) is 30.3 Å². The van der Waals surface area contributed by atoms with E-state index in [1.165, 1.54) is 24.3 Å². The number of aromatic nitrogens is 3. The molecule has 4 aromatic rings. The Morgan fingerprint density at radius 3 is 2.52 bits per heavy atom. The third-order valence-corrected chi connectivity index (χ3v) is 8.73. The van der Waals surface area contributed by atoms with Crippen molar-refractivity contribution in [2.45, 2.75) is 64.6 Å². The number of rotatable bonds is 6. The predicted octanol–water partition coefficient (Wildman–Crippen LogP) is 6.65. The minimum atomic E-state index is -1.24. The third kappa shape index (κ3) is 6.43. The van der Waals surface area contributed by atoms with Crippen molar-refractivity contribution >= 4 is 40.1 Å². The average molecular weight is 655 g/mol. The zero-order valence-electron chi connectivity index (χ0n) is 25.9. The van der Waals surface area contributed by atoms with E-state index in [9.17, 15) is 19.1 Å². The monoisotopic (exact) mass is 654 g/mol. The Labute approximate surface area is 267 Å². The van der Waals surface area contributed by atoms with Crippen LogP contribution in [0.2, 0.25) is 0 Å². The summed E-state index contributed by atoms with van der Waals surface area (Å²) in [5.41, 5.74) is -1.90. The molecule has 1 aliphatic heterocycles. The Balaban J connectivity index is 1.57. The highest BCUT2D eigenvalue weighted by Crippen LogP contribution is 2.43. The van der Waals surface area contributed by atoms with Crippen molar-refractivity contribution in [1.29, 1.82) is 0 Å². The Morgan fingerprint density at radius 2 is 1.87 bits per heavy atom. The number of halogens is 3. The fourth-order valence-electron chi connectivity index (χ4n) is 5.26. The van der Waals surface area contributed by atoms with E-state index in [1.54, 1.807) is 39.5 Å². The maximum Gasteiger partial charge on any atom is 0.407 e. The summed E-state index contributed by atoms with van der Waals surface area (Å²) < 4.78 is 52.9. The van der Waals surface area contributed by atoms with Crippen molar-refractivity contribution in [2.24, 2.45) is 0 Å². The summed E-state index contributed by atoms with van der Waals surface area (Å²) in [4.78, 5) is 31.2. The maximum atomic E-state index is 16.0. The number of piperidine rings is 1. The van der Waals surface area contributed by atoms with Crippen molar-refractivity contribution in [3.8, 4) is 21.6 Å². The van der Waals surface area contributed by atoms with Gasteiger partial charge < -0.3 is 20.1 Å².